The summed E-state index contributed by atoms with van der Waals surface area (Å²) in [5.41, 5.74) is 6.35. The smallest absolute Gasteiger partial charge is 0.0470 e. The van der Waals surface area contributed by atoms with Crippen LogP contribution < -0.4 is 5.73 Å². The van der Waals surface area contributed by atoms with E-state index in [4.69, 9.17) is 5.73 Å². The Labute approximate surface area is 100.0 Å². The first kappa shape index (κ1) is 12.3. The monoisotopic (exact) mass is 225 g/mol. The van der Waals surface area contributed by atoms with Crippen molar-refractivity contribution < 1.29 is 0 Å². The number of rotatable bonds is 5. The molecular weight excluding hydrogens is 198 g/mol. The van der Waals surface area contributed by atoms with E-state index in [0.717, 1.165) is 25.6 Å². The summed E-state index contributed by atoms with van der Waals surface area (Å²) in [6.45, 7) is 7.90. The molecular formula is C13H27N3. The van der Waals surface area contributed by atoms with Crippen LogP contribution in [-0.4, -0.2) is 55.1 Å². The topological polar surface area (TPSA) is 32.5 Å². The van der Waals surface area contributed by atoms with Gasteiger partial charge in [-0.25, -0.2) is 0 Å². The van der Waals surface area contributed by atoms with E-state index in [9.17, 15) is 0 Å². The molecule has 3 heteroatoms. The maximum Gasteiger partial charge on any atom is 0.0470 e. The molecule has 94 valence electrons. The van der Waals surface area contributed by atoms with Crippen LogP contribution in [0.25, 0.3) is 0 Å². The first-order valence-corrected chi connectivity index (χ1v) is 6.84. The molecule has 0 bridgehead atoms. The van der Waals surface area contributed by atoms with Crippen molar-refractivity contribution >= 4 is 0 Å². The fourth-order valence-electron chi connectivity index (χ4n) is 3.26. The summed E-state index contributed by atoms with van der Waals surface area (Å²) in [4.78, 5) is 5.09. The molecule has 1 aliphatic carbocycles. The van der Waals surface area contributed by atoms with Gasteiger partial charge in [-0.15, -0.1) is 0 Å². The normalized spacial score (nSPS) is 32.2. The molecule has 1 unspecified atom stereocenters. The highest BCUT2D eigenvalue weighted by atomic mass is 15.3. The summed E-state index contributed by atoms with van der Waals surface area (Å²) in [6.07, 6.45) is 5.57. The lowest BCUT2D eigenvalue weighted by Crippen LogP contribution is -2.57. The first-order valence-electron chi connectivity index (χ1n) is 6.84. The van der Waals surface area contributed by atoms with Gasteiger partial charge in [0, 0.05) is 25.2 Å². The molecule has 1 saturated heterocycles. The number of likely N-dealkylation sites (N-methyl/N-ethyl adjacent to an activating group) is 2. The number of hydrogen-bond donors (Lipinski definition) is 1. The van der Waals surface area contributed by atoms with Crippen molar-refractivity contribution in [2.75, 3.05) is 39.8 Å². The fourth-order valence-corrected chi connectivity index (χ4v) is 3.26. The molecule has 1 saturated carbocycles. The minimum Gasteiger partial charge on any atom is -0.329 e. The van der Waals surface area contributed by atoms with Crippen LogP contribution in [-0.2, 0) is 0 Å². The molecule has 3 nitrogen and oxygen atoms in total. The van der Waals surface area contributed by atoms with E-state index in [1.165, 1.54) is 38.8 Å². The summed E-state index contributed by atoms with van der Waals surface area (Å²) in [6, 6.07) is 0. The molecule has 0 amide bonds. The second-order valence-electron chi connectivity index (χ2n) is 5.75. The molecule has 0 aromatic carbocycles. The van der Waals surface area contributed by atoms with Crippen LogP contribution in [0.15, 0.2) is 0 Å². The third kappa shape index (κ3) is 2.27. The minimum absolute atomic E-state index is 0.277. The average molecular weight is 225 g/mol. The lowest BCUT2D eigenvalue weighted by molar-refractivity contribution is 0.0700. The summed E-state index contributed by atoms with van der Waals surface area (Å²) >= 11 is 0. The molecule has 16 heavy (non-hydrogen) atoms. The summed E-state index contributed by atoms with van der Waals surface area (Å²) in [5, 5.41) is 0. The Hall–Kier alpha value is -0.120. The van der Waals surface area contributed by atoms with Gasteiger partial charge in [-0.3, -0.25) is 4.90 Å². The van der Waals surface area contributed by atoms with Crippen LogP contribution in [0.5, 0.6) is 0 Å². The Kier molecular flexibility index (Phi) is 3.88. The van der Waals surface area contributed by atoms with E-state index in [2.05, 4.69) is 23.8 Å². The van der Waals surface area contributed by atoms with E-state index in [1.807, 2.05) is 0 Å². The quantitative estimate of drug-likeness (QED) is 0.761. The van der Waals surface area contributed by atoms with Crippen molar-refractivity contribution in [3.8, 4) is 0 Å². The highest BCUT2D eigenvalue weighted by molar-refractivity contribution is 4.99. The molecule has 1 heterocycles. The van der Waals surface area contributed by atoms with Gasteiger partial charge in [-0.05, 0) is 45.3 Å². The Morgan fingerprint density at radius 2 is 2.19 bits per heavy atom. The Morgan fingerprint density at radius 3 is 2.56 bits per heavy atom. The summed E-state index contributed by atoms with van der Waals surface area (Å²) in [5.74, 6) is 0.953. The van der Waals surface area contributed by atoms with Gasteiger partial charge in [0.2, 0.25) is 0 Å². The Bertz CT molecular complexity index is 227. The van der Waals surface area contributed by atoms with Crippen LogP contribution in [0.2, 0.25) is 0 Å². The van der Waals surface area contributed by atoms with Crippen molar-refractivity contribution in [3.63, 3.8) is 0 Å². The molecule has 2 aliphatic rings. The molecule has 2 N–H and O–H groups in total. The zero-order valence-electron chi connectivity index (χ0n) is 10.9. The highest BCUT2D eigenvalue weighted by Crippen LogP contribution is 2.32. The zero-order valence-corrected chi connectivity index (χ0v) is 10.9. The number of nitrogens with zero attached hydrogens (tertiary/aromatic N) is 2. The lowest BCUT2D eigenvalue weighted by Gasteiger charge is -2.43. The maximum atomic E-state index is 6.07. The van der Waals surface area contributed by atoms with Crippen LogP contribution in [0.4, 0.5) is 0 Å². The number of nitrogens with two attached hydrogens (primary N) is 1. The van der Waals surface area contributed by atoms with Crippen LogP contribution in [0.3, 0.4) is 0 Å². The van der Waals surface area contributed by atoms with Gasteiger partial charge >= 0.3 is 0 Å². The van der Waals surface area contributed by atoms with Crippen LogP contribution in [0.1, 0.15) is 32.6 Å². The van der Waals surface area contributed by atoms with E-state index >= 15 is 0 Å². The molecule has 2 fully saturated rings. The third-order valence-electron chi connectivity index (χ3n) is 4.66. The van der Waals surface area contributed by atoms with Crippen molar-refractivity contribution in [1.82, 2.24) is 9.80 Å². The predicted octanol–water partition coefficient (Wildman–Crippen LogP) is 1.14. The van der Waals surface area contributed by atoms with E-state index < -0.39 is 0 Å². The third-order valence-corrected chi connectivity index (χ3v) is 4.66. The van der Waals surface area contributed by atoms with Crippen LogP contribution in [0, 0.1) is 5.92 Å². The largest absolute Gasteiger partial charge is 0.329 e. The molecule has 0 aromatic rings. The fraction of sp³-hybridized carbons (Fsp3) is 1.00. The minimum atomic E-state index is 0.277. The van der Waals surface area contributed by atoms with Gasteiger partial charge in [0.1, 0.15) is 0 Å². The SMILES string of the molecule is CCN(CC1CCC1)C1(CN)CCN(C)C1. The molecule has 0 spiro atoms. The predicted molar refractivity (Wildman–Crippen MR) is 68.5 cm³/mol. The standard InChI is InChI=1S/C13H27N3/c1-3-16(9-12-5-4-6-12)13(10-14)7-8-15(2)11-13/h12H,3-11,14H2,1-2H3. The second kappa shape index (κ2) is 5.03. The number of likely N-dealkylation sites (tertiary alicyclic amines) is 1. The van der Waals surface area contributed by atoms with Gasteiger partial charge in [-0.2, -0.15) is 0 Å². The highest BCUT2D eigenvalue weighted by Gasteiger charge is 2.41. The van der Waals surface area contributed by atoms with E-state index in [1.54, 1.807) is 0 Å². The number of hydrogen-bond acceptors (Lipinski definition) is 3. The van der Waals surface area contributed by atoms with Gasteiger partial charge in [-0.1, -0.05) is 13.3 Å². The van der Waals surface area contributed by atoms with Gasteiger partial charge in [0.05, 0.1) is 0 Å². The van der Waals surface area contributed by atoms with Gasteiger partial charge < -0.3 is 10.6 Å². The average Bonchev–Trinajstić information content (AvgIpc) is 2.60. The van der Waals surface area contributed by atoms with Gasteiger partial charge in [0.25, 0.3) is 0 Å². The second-order valence-corrected chi connectivity index (χ2v) is 5.75. The van der Waals surface area contributed by atoms with Crippen molar-refractivity contribution in [1.29, 1.82) is 0 Å². The van der Waals surface area contributed by atoms with Gasteiger partial charge in [0.15, 0.2) is 0 Å². The Morgan fingerprint density at radius 1 is 1.44 bits per heavy atom. The zero-order chi connectivity index (χ0) is 11.6. The maximum absolute atomic E-state index is 6.07. The Balaban J connectivity index is 1.98. The summed E-state index contributed by atoms with van der Waals surface area (Å²) in [7, 11) is 2.22. The molecule has 1 aliphatic heterocycles. The van der Waals surface area contributed by atoms with Crippen molar-refractivity contribution in [2.45, 2.75) is 38.1 Å². The van der Waals surface area contributed by atoms with E-state index in [-0.39, 0.29) is 5.54 Å². The molecule has 0 radical (unpaired) electrons. The van der Waals surface area contributed by atoms with Crippen molar-refractivity contribution in [2.24, 2.45) is 11.7 Å². The first-order chi connectivity index (χ1) is 7.70. The lowest BCUT2D eigenvalue weighted by atomic mass is 9.83. The molecule has 0 aromatic heterocycles. The molecule has 2 rings (SSSR count). The molecule has 1 atom stereocenters. The van der Waals surface area contributed by atoms with E-state index in [0.29, 0.717) is 0 Å². The summed E-state index contributed by atoms with van der Waals surface area (Å²) < 4.78 is 0. The van der Waals surface area contributed by atoms with Crippen LogP contribution >= 0.6 is 0 Å². The van der Waals surface area contributed by atoms with Crippen molar-refractivity contribution in [3.05, 3.63) is 0 Å².